The lowest BCUT2D eigenvalue weighted by Crippen LogP contribution is -2.55. The number of methoxy groups -OCH3 is 2. The van der Waals surface area contributed by atoms with E-state index in [9.17, 15) is 18.0 Å². The highest BCUT2D eigenvalue weighted by Gasteiger charge is 2.33. The topological polar surface area (TPSA) is 105 Å². The summed E-state index contributed by atoms with van der Waals surface area (Å²) < 4.78 is 37.4. The molecule has 9 nitrogen and oxygen atoms in total. The molecule has 0 aliphatic heterocycles. The SMILES string of the molecule is CC[C@@H](C(=O)NC(C)(C)C)N(Cc1ccc(OC)cc1)C(=O)CN(c1cc(C)ccc1OC)S(C)(=O)=O. The fourth-order valence-electron chi connectivity index (χ4n) is 3.89. The number of ether oxygens (including phenoxy) is 2. The fourth-order valence-corrected chi connectivity index (χ4v) is 4.73. The van der Waals surface area contributed by atoms with E-state index < -0.39 is 34.1 Å². The molecule has 204 valence electrons. The maximum Gasteiger partial charge on any atom is 0.244 e. The van der Waals surface area contributed by atoms with Gasteiger partial charge < -0.3 is 19.7 Å². The van der Waals surface area contributed by atoms with Crippen molar-refractivity contribution in [3.63, 3.8) is 0 Å². The second kappa shape index (κ2) is 12.3. The van der Waals surface area contributed by atoms with Crippen molar-refractivity contribution in [3.05, 3.63) is 53.6 Å². The van der Waals surface area contributed by atoms with Crippen LogP contribution in [-0.2, 0) is 26.2 Å². The van der Waals surface area contributed by atoms with Crippen molar-refractivity contribution in [1.82, 2.24) is 10.2 Å². The van der Waals surface area contributed by atoms with E-state index in [0.29, 0.717) is 17.9 Å². The Morgan fingerprint density at radius 3 is 2.14 bits per heavy atom. The van der Waals surface area contributed by atoms with Crippen LogP contribution in [0.25, 0.3) is 0 Å². The lowest BCUT2D eigenvalue weighted by atomic mass is 10.1. The second-order valence-electron chi connectivity index (χ2n) is 9.98. The van der Waals surface area contributed by atoms with Gasteiger partial charge in [-0.05, 0) is 69.5 Å². The van der Waals surface area contributed by atoms with Crippen LogP contribution < -0.4 is 19.1 Å². The summed E-state index contributed by atoms with van der Waals surface area (Å²) in [6.07, 6.45) is 1.38. The lowest BCUT2D eigenvalue weighted by molar-refractivity contribution is -0.141. The molecule has 0 bridgehead atoms. The first-order chi connectivity index (χ1) is 17.2. The number of benzene rings is 2. The van der Waals surface area contributed by atoms with E-state index in [1.165, 1.54) is 12.0 Å². The van der Waals surface area contributed by atoms with Gasteiger partial charge in [-0.2, -0.15) is 0 Å². The quantitative estimate of drug-likeness (QED) is 0.474. The molecule has 0 radical (unpaired) electrons. The van der Waals surface area contributed by atoms with Gasteiger partial charge >= 0.3 is 0 Å². The Morgan fingerprint density at radius 1 is 1.03 bits per heavy atom. The van der Waals surface area contributed by atoms with Gasteiger partial charge in [0.15, 0.2) is 0 Å². The summed E-state index contributed by atoms with van der Waals surface area (Å²) in [5, 5.41) is 2.95. The van der Waals surface area contributed by atoms with E-state index in [0.717, 1.165) is 21.7 Å². The Labute approximate surface area is 220 Å². The van der Waals surface area contributed by atoms with E-state index >= 15 is 0 Å². The Morgan fingerprint density at radius 2 is 1.65 bits per heavy atom. The summed E-state index contributed by atoms with van der Waals surface area (Å²) in [5.74, 6) is 0.161. The first-order valence-electron chi connectivity index (χ1n) is 12.1. The molecule has 10 heteroatoms. The zero-order chi connectivity index (χ0) is 28.0. The van der Waals surface area contributed by atoms with E-state index in [-0.39, 0.29) is 18.1 Å². The summed E-state index contributed by atoms with van der Waals surface area (Å²) in [4.78, 5) is 28.5. The summed E-state index contributed by atoms with van der Waals surface area (Å²) in [6.45, 7) is 8.85. The first-order valence-corrected chi connectivity index (χ1v) is 13.9. The number of nitrogens with zero attached hydrogens (tertiary/aromatic N) is 2. The number of aryl methyl sites for hydroxylation is 1. The van der Waals surface area contributed by atoms with Gasteiger partial charge in [-0.15, -0.1) is 0 Å². The van der Waals surface area contributed by atoms with Gasteiger partial charge in [-0.1, -0.05) is 25.1 Å². The van der Waals surface area contributed by atoms with Gasteiger partial charge in [0.25, 0.3) is 0 Å². The van der Waals surface area contributed by atoms with Crippen LogP contribution in [0, 0.1) is 6.92 Å². The van der Waals surface area contributed by atoms with Gasteiger partial charge in [-0.25, -0.2) is 8.42 Å². The minimum absolute atomic E-state index is 0.113. The normalized spacial score (nSPS) is 12.4. The number of amides is 2. The summed E-state index contributed by atoms with van der Waals surface area (Å²) in [6, 6.07) is 11.5. The van der Waals surface area contributed by atoms with Crippen LogP contribution in [0.1, 0.15) is 45.2 Å². The van der Waals surface area contributed by atoms with Gasteiger partial charge in [0.05, 0.1) is 26.2 Å². The molecule has 0 fully saturated rings. The average Bonchev–Trinajstić information content (AvgIpc) is 2.80. The molecular formula is C27H39N3O6S. The van der Waals surface area contributed by atoms with Crippen molar-refractivity contribution in [3.8, 4) is 11.5 Å². The monoisotopic (exact) mass is 533 g/mol. The van der Waals surface area contributed by atoms with Crippen LogP contribution >= 0.6 is 0 Å². The summed E-state index contributed by atoms with van der Waals surface area (Å²) >= 11 is 0. The van der Waals surface area contributed by atoms with Crippen LogP contribution in [0.5, 0.6) is 11.5 Å². The average molecular weight is 534 g/mol. The molecule has 0 saturated heterocycles. The van der Waals surface area contributed by atoms with Gasteiger partial charge in [-0.3, -0.25) is 13.9 Å². The molecule has 37 heavy (non-hydrogen) atoms. The third-order valence-electron chi connectivity index (χ3n) is 5.68. The molecule has 0 aliphatic carbocycles. The Kier molecular flexibility index (Phi) is 9.97. The summed E-state index contributed by atoms with van der Waals surface area (Å²) in [5.41, 5.74) is 1.33. The fraction of sp³-hybridized carbons (Fsp3) is 0.481. The van der Waals surface area contributed by atoms with Crippen LogP contribution in [0.2, 0.25) is 0 Å². The smallest absolute Gasteiger partial charge is 0.244 e. The number of anilines is 1. The van der Waals surface area contributed by atoms with Gasteiger partial charge in [0.2, 0.25) is 21.8 Å². The molecule has 0 heterocycles. The number of nitrogens with one attached hydrogen (secondary N) is 1. The highest BCUT2D eigenvalue weighted by molar-refractivity contribution is 7.92. The third-order valence-corrected chi connectivity index (χ3v) is 6.80. The molecular weight excluding hydrogens is 494 g/mol. The molecule has 1 N–H and O–H groups in total. The molecule has 2 aromatic rings. The Hall–Kier alpha value is -3.27. The molecule has 0 unspecified atom stereocenters. The predicted octanol–water partition coefficient (Wildman–Crippen LogP) is 3.50. The number of carbonyl (C=O) groups excluding carboxylic acids is 2. The van der Waals surface area contributed by atoms with E-state index in [2.05, 4.69) is 5.32 Å². The van der Waals surface area contributed by atoms with Crippen molar-refractivity contribution in [1.29, 1.82) is 0 Å². The van der Waals surface area contributed by atoms with Crippen LogP contribution in [0.4, 0.5) is 5.69 Å². The predicted molar refractivity (Wildman–Crippen MR) is 145 cm³/mol. The van der Waals surface area contributed by atoms with Crippen molar-refractivity contribution in [2.24, 2.45) is 0 Å². The number of sulfonamides is 1. The van der Waals surface area contributed by atoms with Gasteiger partial charge in [0.1, 0.15) is 24.1 Å². The van der Waals surface area contributed by atoms with E-state index in [1.54, 1.807) is 37.4 Å². The molecule has 0 spiro atoms. The number of carbonyl (C=O) groups is 2. The Balaban J connectivity index is 2.52. The largest absolute Gasteiger partial charge is 0.497 e. The molecule has 1 atom stereocenters. The third kappa shape index (κ3) is 8.38. The van der Waals surface area contributed by atoms with Crippen LogP contribution in [0.3, 0.4) is 0 Å². The summed E-state index contributed by atoms with van der Waals surface area (Å²) in [7, 11) is -0.866. The van der Waals surface area contributed by atoms with E-state index in [1.807, 2.05) is 46.8 Å². The van der Waals surface area contributed by atoms with Gasteiger partial charge in [0, 0.05) is 12.1 Å². The molecule has 0 saturated carbocycles. The zero-order valence-corrected chi connectivity index (χ0v) is 23.8. The molecule has 2 rings (SSSR count). The van der Waals surface area contributed by atoms with Crippen molar-refractivity contribution >= 4 is 27.5 Å². The highest BCUT2D eigenvalue weighted by atomic mass is 32.2. The minimum Gasteiger partial charge on any atom is -0.497 e. The minimum atomic E-state index is -3.87. The number of rotatable bonds is 11. The van der Waals surface area contributed by atoms with E-state index in [4.69, 9.17) is 9.47 Å². The first kappa shape index (κ1) is 30.0. The number of hydrogen-bond donors (Lipinski definition) is 1. The highest BCUT2D eigenvalue weighted by Crippen LogP contribution is 2.31. The molecule has 2 aromatic carbocycles. The van der Waals surface area contributed by atoms with Crippen LogP contribution in [-0.4, -0.2) is 63.7 Å². The van der Waals surface area contributed by atoms with Crippen molar-refractivity contribution in [2.45, 2.75) is 59.2 Å². The van der Waals surface area contributed by atoms with Crippen molar-refractivity contribution < 1.29 is 27.5 Å². The van der Waals surface area contributed by atoms with Crippen molar-refractivity contribution in [2.75, 3.05) is 31.3 Å². The molecule has 0 aromatic heterocycles. The second-order valence-corrected chi connectivity index (χ2v) is 11.9. The molecule has 2 amide bonds. The maximum atomic E-state index is 13.8. The standard InChI is InChI=1S/C27H39N3O6S/c1-9-22(26(32)28-27(3,4)5)29(17-20-11-13-21(35-6)14-12-20)25(31)18-30(37(8,33)34)23-16-19(2)10-15-24(23)36-7/h10-16,22H,9,17-18H2,1-8H3,(H,28,32)/t22-/m0/s1. The maximum absolute atomic E-state index is 13.8. The molecule has 0 aliphatic rings. The van der Waals surface area contributed by atoms with Crippen LogP contribution in [0.15, 0.2) is 42.5 Å². The number of hydrogen-bond acceptors (Lipinski definition) is 6. The Bertz CT molecular complexity index is 1190. The zero-order valence-electron chi connectivity index (χ0n) is 23.0. The lowest BCUT2D eigenvalue weighted by Gasteiger charge is -2.34.